The zero-order valence-electron chi connectivity index (χ0n) is 24.5. The molecule has 8 nitrogen and oxygen atoms in total. The van der Waals surface area contributed by atoms with E-state index in [1.807, 2.05) is 40.9 Å². The fraction of sp³-hybridized carbons (Fsp3) is 0.600. The molecule has 2 aliphatic rings. The predicted molar refractivity (Wildman–Crippen MR) is 150 cm³/mol. The van der Waals surface area contributed by atoms with Crippen molar-refractivity contribution in [2.24, 2.45) is 17.3 Å². The summed E-state index contributed by atoms with van der Waals surface area (Å²) in [5.41, 5.74) is -0.711. The van der Waals surface area contributed by atoms with Crippen LogP contribution in [-0.2, 0) is 15.8 Å². The highest BCUT2D eigenvalue weighted by Gasteiger charge is 2.59. The van der Waals surface area contributed by atoms with Crippen molar-refractivity contribution in [1.29, 1.82) is 0 Å². The Morgan fingerprint density at radius 1 is 1.10 bits per heavy atom. The fourth-order valence-corrected chi connectivity index (χ4v) is 6.63. The second-order valence-corrected chi connectivity index (χ2v) is 12.6. The zero-order valence-corrected chi connectivity index (χ0v) is 24.5. The summed E-state index contributed by atoms with van der Waals surface area (Å²) in [5, 5.41) is 13.9. The molecule has 3 heterocycles. The molecule has 2 fully saturated rings. The Balaban J connectivity index is 1.96. The molecule has 2 aromatic rings. The van der Waals surface area contributed by atoms with Crippen LogP contribution in [0, 0.1) is 24.2 Å². The molecule has 1 saturated carbocycles. The summed E-state index contributed by atoms with van der Waals surface area (Å²) in [6.07, 6.45) is 1.19. The molecule has 0 bridgehead atoms. The molecule has 11 heteroatoms. The third-order valence-corrected chi connectivity index (χ3v) is 8.28. The van der Waals surface area contributed by atoms with Crippen LogP contribution >= 0.6 is 0 Å². The van der Waals surface area contributed by atoms with Gasteiger partial charge >= 0.3 is 12.1 Å². The van der Waals surface area contributed by atoms with Crippen molar-refractivity contribution in [3.8, 4) is 0 Å². The minimum absolute atomic E-state index is 0.0204. The first-order valence-electron chi connectivity index (χ1n) is 14.1. The van der Waals surface area contributed by atoms with Crippen LogP contribution in [0.1, 0.15) is 75.7 Å². The van der Waals surface area contributed by atoms with E-state index < -0.39 is 47.2 Å². The van der Waals surface area contributed by atoms with Gasteiger partial charge in [-0.25, -0.2) is 14.8 Å². The first kappa shape index (κ1) is 30.6. The van der Waals surface area contributed by atoms with Gasteiger partial charge in [0.25, 0.3) is 0 Å². The van der Waals surface area contributed by atoms with Crippen molar-refractivity contribution < 1.29 is 27.9 Å². The summed E-state index contributed by atoms with van der Waals surface area (Å²) in [6, 6.07) is 2.66. The third-order valence-electron chi connectivity index (χ3n) is 8.28. The van der Waals surface area contributed by atoms with Gasteiger partial charge in [-0.2, -0.15) is 13.2 Å². The molecule has 2 N–H and O–H groups in total. The maximum atomic E-state index is 14.3. The van der Waals surface area contributed by atoms with Gasteiger partial charge in [-0.1, -0.05) is 46.1 Å². The maximum Gasteiger partial charge on any atom is 0.416 e. The number of carbonyl (C=O) groups is 2. The van der Waals surface area contributed by atoms with Gasteiger partial charge in [-0.05, 0) is 43.4 Å². The van der Waals surface area contributed by atoms with Crippen LogP contribution in [0.25, 0.3) is 0 Å². The number of carboxylic acid groups (broad SMARTS) is 1. The molecule has 224 valence electrons. The Kier molecular flexibility index (Phi) is 8.57. The highest BCUT2D eigenvalue weighted by molar-refractivity contribution is 5.87. The van der Waals surface area contributed by atoms with Crippen molar-refractivity contribution in [2.75, 3.05) is 24.3 Å². The Morgan fingerprint density at radius 2 is 1.76 bits per heavy atom. The van der Waals surface area contributed by atoms with Gasteiger partial charge in [0.15, 0.2) is 0 Å². The van der Waals surface area contributed by atoms with E-state index >= 15 is 0 Å². The Labute approximate surface area is 239 Å². The number of alkyl halides is 3. The van der Waals surface area contributed by atoms with E-state index in [1.165, 1.54) is 11.8 Å². The highest BCUT2D eigenvalue weighted by Crippen LogP contribution is 2.51. The second kappa shape index (κ2) is 11.5. The lowest BCUT2D eigenvalue weighted by Gasteiger charge is -2.36. The number of halogens is 3. The zero-order chi connectivity index (χ0) is 30.3. The Hall–Kier alpha value is -3.37. The molecular weight excluding hydrogens is 535 g/mol. The van der Waals surface area contributed by atoms with E-state index in [0.717, 1.165) is 31.4 Å². The molecule has 1 aliphatic carbocycles. The van der Waals surface area contributed by atoms with E-state index in [1.54, 1.807) is 17.2 Å². The number of hydrogen-bond acceptors (Lipinski definition) is 6. The largest absolute Gasteiger partial charge is 0.480 e. The van der Waals surface area contributed by atoms with E-state index in [-0.39, 0.29) is 23.3 Å². The number of carboxylic acids is 1. The minimum Gasteiger partial charge on any atom is -0.480 e. The molecule has 0 aromatic carbocycles. The van der Waals surface area contributed by atoms with Crippen LogP contribution in [0.2, 0.25) is 0 Å². The summed E-state index contributed by atoms with van der Waals surface area (Å²) < 4.78 is 41.3. The number of anilines is 2. The van der Waals surface area contributed by atoms with Crippen LogP contribution < -0.4 is 10.2 Å². The number of hydrogen-bond donors (Lipinski definition) is 2. The first-order chi connectivity index (χ1) is 19.1. The average molecular weight is 576 g/mol. The van der Waals surface area contributed by atoms with Crippen molar-refractivity contribution in [2.45, 2.75) is 84.1 Å². The van der Waals surface area contributed by atoms with Crippen molar-refractivity contribution in [1.82, 2.24) is 14.9 Å². The minimum atomic E-state index is -4.59. The number of aliphatic carboxylic acids is 1. The lowest BCUT2D eigenvalue weighted by atomic mass is 9.72. The Bertz CT molecular complexity index is 1270. The number of amides is 1. The molecule has 0 radical (unpaired) electrons. The SMILES string of the molecule is Cc1cc(C(F)(F)F)cc(NC2C(c3cccnc3N(C)C)N(C(=O)C3CCCCC3)C(C(=O)O)C2C(C)(C)C)n1. The van der Waals surface area contributed by atoms with Crippen LogP contribution in [0.15, 0.2) is 30.5 Å². The molecule has 1 amide bonds. The predicted octanol–water partition coefficient (Wildman–Crippen LogP) is 5.93. The molecule has 41 heavy (non-hydrogen) atoms. The molecule has 2 aromatic heterocycles. The number of nitrogens with zero attached hydrogens (tertiary/aromatic N) is 4. The molecule has 1 saturated heterocycles. The summed E-state index contributed by atoms with van der Waals surface area (Å²) in [7, 11) is 3.62. The fourth-order valence-electron chi connectivity index (χ4n) is 6.63. The van der Waals surface area contributed by atoms with Crippen LogP contribution in [0.5, 0.6) is 0 Å². The number of rotatable bonds is 6. The highest BCUT2D eigenvalue weighted by atomic mass is 19.4. The van der Waals surface area contributed by atoms with E-state index in [2.05, 4.69) is 15.3 Å². The lowest BCUT2D eigenvalue weighted by Crippen LogP contribution is -2.49. The number of likely N-dealkylation sites (tertiary alicyclic amines) is 1. The lowest BCUT2D eigenvalue weighted by molar-refractivity contribution is -0.154. The summed E-state index contributed by atoms with van der Waals surface area (Å²) in [5.74, 6) is -1.84. The third kappa shape index (κ3) is 6.28. The monoisotopic (exact) mass is 575 g/mol. The van der Waals surface area contributed by atoms with Gasteiger partial charge in [-0.3, -0.25) is 4.79 Å². The first-order valence-corrected chi connectivity index (χ1v) is 14.1. The number of carbonyl (C=O) groups excluding carboxylic acids is 1. The van der Waals surface area contributed by atoms with Gasteiger partial charge in [0, 0.05) is 43.4 Å². The second-order valence-electron chi connectivity index (χ2n) is 12.6. The van der Waals surface area contributed by atoms with Crippen LogP contribution in [0.4, 0.5) is 24.8 Å². The quantitative estimate of drug-likeness (QED) is 0.441. The average Bonchev–Trinajstić information content (AvgIpc) is 3.23. The number of aromatic nitrogens is 2. The van der Waals surface area contributed by atoms with Crippen molar-refractivity contribution >= 4 is 23.5 Å². The van der Waals surface area contributed by atoms with Crippen molar-refractivity contribution in [3.63, 3.8) is 0 Å². The Morgan fingerprint density at radius 3 is 2.32 bits per heavy atom. The van der Waals surface area contributed by atoms with Crippen LogP contribution in [-0.4, -0.2) is 58.0 Å². The number of aryl methyl sites for hydroxylation is 1. The maximum absolute atomic E-state index is 14.3. The summed E-state index contributed by atoms with van der Waals surface area (Å²) >= 11 is 0. The van der Waals surface area contributed by atoms with Gasteiger partial charge in [-0.15, -0.1) is 0 Å². The molecule has 4 rings (SSSR count). The van der Waals surface area contributed by atoms with E-state index in [4.69, 9.17) is 0 Å². The van der Waals surface area contributed by atoms with Gasteiger partial charge in [0.05, 0.1) is 17.6 Å². The normalized spacial score (nSPS) is 23.9. The summed E-state index contributed by atoms with van der Waals surface area (Å²) in [4.78, 5) is 39.6. The molecule has 1 aliphatic heterocycles. The topological polar surface area (TPSA) is 98.7 Å². The smallest absolute Gasteiger partial charge is 0.416 e. The summed E-state index contributed by atoms with van der Waals surface area (Å²) in [6.45, 7) is 7.18. The van der Waals surface area contributed by atoms with E-state index in [9.17, 15) is 27.9 Å². The molecule has 4 atom stereocenters. The van der Waals surface area contributed by atoms with Gasteiger partial charge < -0.3 is 20.2 Å². The standard InChI is InChI=1S/C30H40F3N5O3/c1-17-15-19(30(31,32)33)16-21(35-17)36-23-22(29(2,3)4)25(28(40)41)38(27(39)18-11-8-7-9-12-18)24(23)20-13-10-14-34-26(20)37(5)6/h10,13-16,18,22-25H,7-9,11-12H2,1-6H3,(H,35,36)(H,40,41). The molecule has 0 spiro atoms. The van der Waals surface area contributed by atoms with Gasteiger partial charge in [0.2, 0.25) is 5.91 Å². The number of pyridine rings is 2. The van der Waals surface area contributed by atoms with Crippen LogP contribution in [0.3, 0.4) is 0 Å². The molecule has 4 unspecified atom stereocenters. The number of nitrogens with one attached hydrogen (secondary N) is 1. The van der Waals surface area contributed by atoms with Crippen molar-refractivity contribution in [3.05, 3.63) is 47.3 Å². The van der Waals surface area contributed by atoms with E-state index in [0.29, 0.717) is 24.2 Å². The van der Waals surface area contributed by atoms with Gasteiger partial charge in [0.1, 0.15) is 17.7 Å². The molecular formula is C30H40F3N5O3.